The number of hydrogen-bond donors (Lipinski definition) is 0. The third kappa shape index (κ3) is 25.3. The molecule has 0 heterocycles. The van der Waals surface area contributed by atoms with E-state index in [1.54, 1.807) is 49.3 Å². The van der Waals surface area contributed by atoms with Gasteiger partial charge in [-0.1, -0.05) is 107 Å². The molecule has 4 heteroatoms. The summed E-state index contributed by atoms with van der Waals surface area (Å²) in [6.07, 6.45) is 35.9. The van der Waals surface area contributed by atoms with E-state index in [0.29, 0.717) is 0 Å². The average Bonchev–Trinajstić information content (AvgIpc) is 2.87. The largest absolute Gasteiger partial charge is 1.00 e. The molecule has 0 unspecified atom stereocenters. The van der Waals surface area contributed by atoms with Crippen LogP contribution in [-0.4, -0.2) is 49.3 Å². The lowest BCUT2D eigenvalue weighted by Gasteiger charge is -2.28. The highest BCUT2D eigenvalue weighted by molar-refractivity contribution is 7.76. The molecule has 0 radical (unpaired) electrons. The van der Waals surface area contributed by atoms with Crippen molar-refractivity contribution in [2.75, 3.05) is 49.3 Å². The van der Waals surface area contributed by atoms with Crippen LogP contribution in [0.5, 0.6) is 0 Å². The highest BCUT2D eigenvalue weighted by atomic mass is 127. The van der Waals surface area contributed by atoms with Gasteiger partial charge in [0.2, 0.25) is 0 Å². The van der Waals surface area contributed by atoms with Gasteiger partial charge in [0, 0.05) is 14.5 Å². The van der Waals surface area contributed by atoms with Crippen molar-refractivity contribution < 1.29 is 48.0 Å². The van der Waals surface area contributed by atoms with Gasteiger partial charge in [0.25, 0.3) is 0 Å². The molecule has 0 fully saturated rings. The van der Waals surface area contributed by atoms with E-state index < -0.39 is 14.5 Å². The molecule has 0 saturated carbocycles. The zero-order valence-corrected chi connectivity index (χ0v) is 32.7. The molecule has 0 N–H and O–H groups in total. The van der Waals surface area contributed by atoms with Crippen LogP contribution in [0.3, 0.4) is 0 Å². The van der Waals surface area contributed by atoms with E-state index in [4.69, 9.17) is 0 Å². The maximum atomic E-state index is 2.36. The minimum atomic E-state index is -0.562. The van der Waals surface area contributed by atoms with Gasteiger partial charge in [-0.15, -0.1) is 0 Å². The van der Waals surface area contributed by atoms with Crippen molar-refractivity contribution in [3.8, 4) is 0 Å². The van der Waals surface area contributed by atoms with Crippen LogP contribution in [0.2, 0.25) is 0 Å². The van der Waals surface area contributed by atoms with E-state index >= 15 is 0 Å². The topological polar surface area (TPSA) is 0 Å². The van der Waals surface area contributed by atoms with Gasteiger partial charge in [0.05, 0.1) is 49.3 Å². The highest BCUT2D eigenvalue weighted by Crippen LogP contribution is 2.62. The lowest BCUT2D eigenvalue weighted by atomic mass is 10.4. The average molecular weight is 773 g/mol. The summed E-state index contributed by atoms with van der Waals surface area (Å²) < 4.78 is 0. The van der Waals surface area contributed by atoms with Gasteiger partial charge < -0.3 is 48.0 Å². The molecule has 0 aromatic carbocycles. The van der Waals surface area contributed by atoms with Crippen molar-refractivity contribution in [3.05, 3.63) is 0 Å². The molecular weight excluding hydrogens is 700 g/mol. The SMILES string of the molecule is CCCC[P+](CCCC)(CCCC)CCCC.CCCC[P+](CCCC)(CCCC)CCCC.[I-].[I-]. The number of rotatable bonds is 24. The van der Waals surface area contributed by atoms with Crippen LogP contribution in [0.4, 0.5) is 0 Å². The van der Waals surface area contributed by atoms with Gasteiger partial charge in [0.1, 0.15) is 0 Å². The summed E-state index contributed by atoms with van der Waals surface area (Å²) in [5.41, 5.74) is 0. The molecule has 0 aliphatic carbocycles. The summed E-state index contributed by atoms with van der Waals surface area (Å²) in [6, 6.07) is 0. The smallest absolute Gasteiger partial charge is 0.0594 e. The first kappa shape index (κ1) is 45.3. The third-order valence-corrected chi connectivity index (χ3v) is 18.0. The van der Waals surface area contributed by atoms with Gasteiger partial charge in [-0.3, -0.25) is 0 Å². The second kappa shape index (κ2) is 33.5. The third-order valence-electron chi connectivity index (χ3n) is 7.89. The zero-order valence-electron chi connectivity index (χ0n) is 26.6. The van der Waals surface area contributed by atoms with Gasteiger partial charge >= 0.3 is 0 Å². The van der Waals surface area contributed by atoms with Gasteiger partial charge in [-0.2, -0.15) is 0 Å². The second-order valence-electron chi connectivity index (χ2n) is 11.3. The van der Waals surface area contributed by atoms with E-state index in [1.165, 1.54) is 103 Å². The van der Waals surface area contributed by atoms with Crippen molar-refractivity contribution in [1.29, 1.82) is 0 Å². The maximum absolute atomic E-state index is 2.36. The minimum Gasteiger partial charge on any atom is -1.00 e. The Balaban J connectivity index is -0.000000269. The van der Waals surface area contributed by atoms with Crippen molar-refractivity contribution in [2.24, 2.45) is 0 Å². The van der Waals surface area contributed by atoms with E-state index in [2.05, 4.69) is 55.4 Å². The Morgan fingerprint density at radius 2 is 0.361 bits per heavy atom. The Bertz CT molecular complexity index is 279. The molecular formula is C32H72I2P2. The molecule has 0 amide bonds. The molecule has 0 aliphatic heterocycles. The fraction of sp³-hybridized carbons (Fsp3) is 1.00. The zero-order chi connectivity index (χ0) is 26.0. The highest BCUT2D eigenvalue weighted by Gasteiger charge is 2.35. The Kier molecular flexibility index (Phi) is 42.2. The molecule has 0 aliphatic rings. The quantitative estimate of drug-likeness (QED) is 0.0786. The summed E-state index contributed by atoms with van der Waals surface area (Å²) in [5.74, 6) is 0. The predicted octanol–water partition coefficient (Wildman–Crippen LogP) is 6.42. The molecule has 224 valence electrons. The number of hydrogen-bond acceptors (Lipinski definition) is 0. The molecule has 0 spiro atoms. The van der Waals surface area contributed by atoms with Crippen molar-refractivity contribution in [1.82, 2.24) is 0 Å². The van der Waals surface area contributed by atoms with Crippen molar-refractivity contribution in [3.63, 3.8) is 0 Å². The fourth-order valence-electron chi connectivity index (χ4n) is 5.29. The molecule has 0 nitrogen and oxygen atoms in total. The fourth-order valence-corrected chi connectivity index (χ4v) is 15.9. The molecule has 36 heavy (non-hydrogen) atoms. The normalized spacial score (nSPS) is 11.3. The lowest BCUT2D eigenvalue weighted by molar-refractivity contribution is -0.00100. The summed E-state index contributed by atoms with van der Waals surface area (Å²) in [4.78, 5) is 0. The first-order chi connectivity index (χ1) is 16.5. The Morgan fingerprint density at radius 1 is 0.250 bits per heavy atom. The van der Waals surface area contributed by atoms with Crippen LogP contribution in [0.1, 0.15) is 158 Å². The summed E-state index contributed by atoms with van der Waals surface area (Å²) in [5, 5.41) is 0. The van der Waals surface area contributed by atoms with Crippen LogP contribution in [0, 0.1) is 0 Å². The van der Waals surface area contributed by atoms with Crippen LogP contribution in [0.15, 0.2) is 0 Å². The first-order valence-electron chi connectivity index (χ1n) is 16.2. The number of unbranched alkanes of at least 4 members (excludes halogenated alkanes) is 8. The van der Waals surface area contributed by atoms with Crippen LogP contribution < -0.4 is 48.0 Å². The first-order valence-corrected chi connectivity index (χ1v) is 21.2. The minimum absolute atomic E-state index is 0. The van der Waals surface area contributed by atoms with Crippen molar-refractivity contribution in [2.45, 2.75) is 158 Å². The molecule has 0 aromatic rings. The van der Waals surface area contributed by atoms with Gasteiger partial charge in [-0.05, 0) is 51.4 Å². The summed E-state index contributed by atoms with van der Waals surface area (Å²) >= 11 is 0. The lowest BCUT2D eigenvalue weighted by Crippen LogP contribution is -3.00. The van der Waals surface area contributed by atoms with Gasteiger partial charge in [0.15, 0.2) is 0 Å². The Morgan fingerprint density at radius 3 is 0.444 bits per heavy atom. The van der Waals surface area contributed by atoms with E-state index in [0.717, 1.165) is 0 Å². The summed E-state index contributed by atoms with van der Waals surface area (Å²) in [6.45, 7) is 18.8. The molecule has 0 saturated heterocycles. The van der Waals surface area contributed by atoms with E-state index in [-0.39, 0.29) is 48.0 Å². The monoisotopic (exact) mass is 772 g/mol. The Hall–Kier alpha value is 2.32. The standard InChI is InChI=1S/2C16H36P.2HI/c2*1-5-9-13-17(14-10-6-2,15-11-7-3)16-12-8-4;;/h2*5-16H2,1-4H3;2*1H/q2*+1;;/p-2. The van der Waals surface area contributed by atoms with Gasteiger partial charge in [-0.25, -0.2) is 0 Å². The van der Waals surface area contributed by atoms with Crippen LogP contribution >= 0.6 is 14.5 Å². The Labute approximate surface area is 268 Å². The molecule has 0 atom stereocenters. The molecule has 0 bridgehead atoms. The molecule has 0 aromatic heterocycles. The maximum Gasteiger partial charge on any atom is 0.0594 e. The van der Waals surface area contributed by atoms with Crippen molar-refractivity contribution >= 4 is 14.5 Å². The van der Waals surface area contributed by atoms with E-state index in [9.17, 15) is 0 Å². The van der Waals surface area contributed by atoms with E-state index in [1.807, 2.05) is 0 Å². The van der Waals surface area contributed by atoms with Crippen LogP contribution in [-0.2, 0) is 0 Å². The molecule has 0 rings (SSSR count). The predicted molar refractivity (Wildman–Crippen MR) is 172 cm³/mol. The summed E-state index contributed by atoms with van der Waals surface area (Å²) in [7, 11) is -1.12. The number of halogens is 2. The van der Waals surface area contributed by atoms with Crippen LogP contribution in [0.25, 0.3) is 0 Å². The second-order valence-corrected chi connectivity index (χ2v) is 20.2.